The van der Waals surface area contributed by atoms with Crippen molar-refractivity contribution < 1.29 is 0 Å². The Hall–Kier alpha value is -0.0400. The summed E-state index contributed by atoms with van der Waals surface area (Å²) in [6, 6.07) is 0. The van der Waals surface area contributed by atoms with Crippen LogP contribution in [0.15, 0.2) is 23.3 Å². The van der Waals surface area contributed by atoms with Crippen molar-refractivity contribution in [3.05, 3.63) is 23.3 Å². The normalized spacial score (nSPS) is 11.3. The second-order valence-electron chi connectivity index (χ2n) is 2.39. The van der Waals surface area contributed by atoms with Crippen molar-refractivity contribution in [1.29, 1.82) is 0 Å². The first-order chi connectivity index (χ1) is 4.16. The van der Waals surface area contributed by atoms with Gasteiger partial charge < -0.3 is 0 Å². The summed E-state index contributed by atoms with van der Waals surface area (Å²) in [5.74, 6) is 0. The van der Waals surface area contributed by atoms with Crippen molar-refractivity contribution in [1.82, 2.24) is 0 Å². The van der Waals surface area contributed by atoms with Gasteiger partial charge in [0.1, 0.15) is 0 Å². The second-order valence-corrected chi connectivity index (χ2v) is 2.95. The second kappa shape index (κ2) is 4.80. The summed E-state index contributed by atoms with van der Waals surface area (Å²) in [5, 5.41) is 0.969. The van der Waals surface area contributed by atoms with Crippen LogP contribution in [0.25, 0.3) is 0 Å². The highest BCUT2D eigenvalue weighted by atomic mass is 79.9. The standard InChI is InChI=1S/C8H13Br/c1-7(2)4-5-8(3)6-9/h4-5H,6H2,1-3H3/b8-5+. The van der Waals surface area contributed by atoms with E-state index in [1.165, 1.54) is 11.1 Å². The van der Waals surface area contributed by atoms with Gasteiger partial charge >= 0.3 is 0 Å². The highest BCUT2D eigenvalue weighted by Crippen LogP contribution is 1.99. The summed E-state index contributed by atoms with van der Waals surface area (Å²) in [7, 11) is 0. The van der Waals surface area contributed by atoms with Crippen LogP contribution >= 0.6 is 15.9 Å². The highest BCUT2D eigenvalue weighted by Gasteiger charge is 1.79. The van der Waals surface area contributed by atoms with Gasteiger partial charge in [0, 0.05) is 5.33 Å². The van der Waals surface area contributed by atoms with E-state index < -0.39 is 0 Å². The lowest BCUT2D eigenvalue weighted by Gasteiger charge is -1.88. The summed E-state index contributed by atoms with van der Waals surface area (Å²) in [5.41, 5.74) is 2.70. The molecule has 0 aliphatic carbocycles. The molecule has 0 rings (SSSR count). The molecule has 0 aromatic heterocycles. The third-order valence-electron chi connectivity index (χ3n) is 0.912. The number of alkyl halides is 1. The Kier molecular flexibility index (Phi) is 4.78. The number of hydrogen-bond donors (Lipinski definition) is 0. The van der Waals surface area contributed by atoms with Crippen LogP contribution in [0.5, 0.6) is 0 Å². The minimum absolute atomic E-state index is 0.969. The molecule has 0 amide bonds. The van der Waals surface area contributed by atoms with Gasteiger partial charge in [-0.3, -0.25) is 0 Å². The molecule has 0 heterocycles. The molecule has 0 aromatic carbocycles. The Morgan fingerprint density at radius 2 is 1.78 bits per heavy atom. The monoisotopic (exact) mass is 188 g/mol. The molecule has 9 heavy (non-hydrogen) atoms. The van der Waals surface area contributed by atoms with E-state index in [0.717, 1.165) is 5.33 Å². The fourth-order valence-electron chi connectivity index (χ4n) is 0.353. The molecule has 52 valence electrons. The van der Waals surface area contributed by atoms with Crippen LogP contribution in [-0.2, 0) is 0 Å². The topological polar surface area (TPSA) is 0 Å². The average molecular weight is 189 g/mol. The van der Waals surface area contributed by atoms with Gasteiger partial charge in [-0.25, -0.2) is 0 Å². The van der Waals surface area contributed by atoms with Crippen LogP contribution in [0.2, 0.25) is 0 Å². The van der Waals surface area contributed by atoms with Gasteiger partial charge in [-0.1, -0.05) is 39.2 Å². The van der Waals surface area contributed by atoms with E-state index in [9.17, 15) is 0 Å². The predicted octanol–water partition coefficient (Wildman–Crippen LogP) is 3.29. The lowest BCUT2D eigenvalue weighted by atomic mass is 10.2. The zero-order chi connectivity index (χ0) is 7.28. The Morgan fingerprint density at radius 1 is 1.22 bits per heavy atom. The first-order valence-electron chi connectivity index (χ1n) is 3.03. The summed E-state index contributed by atoms with van der Waals surface area (Å²) >= 11 is 3.37. The molecule has 0 aromatic rings. The van der Waals surface area contributed by atoms with Crippen molar-refractivity contribution >= 4 is 15.9 Å². The summed E-state index contributed by atoms with van der Waals surface area (Å²) in [6.07, 6.45) is 4.25. The third-order valence-corrected chi connectivity index (χ3v) is 1.80. The Balaban J connectivity index is 3.83. The van der Waals surface area contributed by atoms with Gasteiger partial charge in [-0.05, 0) is 20.8 Å². The number of allylic oxidation sites excluding steroid dienone is 4. The molecular formula is C8H13Br. The number of halogens is 1. The fraction of sp³-hybridized carbons (Fsp3) is 0.500. The predicted molar refractivity (Wildman–Crippen MR) is 47.0 cm³/mol. The lowest BCUT2D eigenvalue weighted by Crippen LogP contribution is -1.72. The van der Waals surface area contributed by atoms with Crippen LogP contribution in [0.1, 0.15) is 20.8 Å². The first-order valence-corrected chi connectivity index (χ1v) is 4.15. The fourth-order valence-corrected chi connectivity index (χ4v) is 0.540. The van der Waals surface area contributed by atoms with Crippen molar-refractivity contribution in [2.45, 2.75) is 20.8 Å². The number of rotatable bonds is 2. The van der Waals surface area contributed by atoms with Crippen LogP contribution in [-0.4, -0.2) is 5.33 Å². The quantitative estimate of drug-likeness (QED) is 0.461. The Bertz CT molecular complexity index is 128. The molecular weight excluding hydrogens is 176 g/mol. The lowest BCUT2D eigenvalue weighted by molar-refractivity contribution is 1.36. The summed E-state index contributed by atoms with van der Waals surface area (Å²) in [6.45, 7) is 6.30. The van der Waals surface area contributed by atoms with Gasteiger partial charge in [0.2, 0.25) is 0 Å². The van der Waals surface area contributed by atoms with E-state index in [1.807, 2.05) is 0 Å². The van der Waals surface area contributed by atoms with Gasteiger partial charge in [0.05, 0.1) is 0 Å². The van der Waals surface area contributed by atoms with Crippen molar-refractivity contribution in [2.75, 3.05) is 5.33 Å². The zero-order valence-electron chi connectivity index (χ0n) is 6.24. The van der Waals surface area contributed by atoms with Crippen molar-refractivity contribution in [3.8, 4) is 0 Å². The molecule has 0 saturated heterocycles. The van der Waals surface area contributed by atoms with Crippen LogP contribution < -0.4 is 0 Å². The molecule has 0 atom stereocenters. The molecule has 0 aliphatic heterocycles. The smallest absolute Gasteiger partial charge is 0.0242 e. The minimum atomic E-state index is 0.969. The van der Waals surface area contributed by atoms with E-state index in [2.05, 4.69) is 48.9 Å². The third kappa shape index (κ3) is 5.84. The highest BCUT2D eigenvalue weighted by molar-refractivity contribution is 9.09. The largest absolute Gasteiger partial charge is 0.0880 e. The van der Waals surface area contributed by atoms with E-state index in [1.54, 1.807) is 0 Å². The summed E-state index contributed by atoms with van der Waals surface area (Å²) < 4.78 is 0. The molecule has 0 spiro atoms. The van der Waals surface area contributed by atoms with Crippen LogP contribution in [0.3, 0.4) is 0 Å². The van der Waals surface area contributed by atoms with E-state index in [0.29, 0.717) is 0 Å². The molecule has 1 heteroatoms. The van der Waals surface area contributed by atoms with Crippen LogP contribution in [0, 0.1) is 0 Å². The molecule has 0 N–H and O–H groups in total. The average Bonchev–Trinajstić information content (AvgIpc) is 1.83. The molecule has 0 fully saturated rings. The van der Waals surface area contributed by atoms with Gasteiger partial charge in [-0.15, -0.1) is 0 Å². The van der Waals surface area contributed by atoms with Gasteiger partial charge in [-0.2, -0.15) is 0 Å². The van der Waals surface area contributed by atoms with E-state index in [-0.39, 0.29) is 0 Å². The van der Waals surface area contributed by atoms with Crippen molar-refractivity contribution in [2.24, 2.45) is 0 Å². The molecule has 0 nitrogen and oxygen atoms in total. The van der Waals surface area contributed by atoms with Crippen LogP contribution in [0.4, 0.5) is 0 Å². The maximum absolute atomic E-state index is 3.37. The Labute approximate surface area is 65.8 Å². The Morgan fingerprint density at radius 3 is 2.11 bits per heavy atom. The zero-order valence-corrected chi connectivity index (χ0v) is 7.83. The number of hydrogen-bond acceptors (Lipinski definition) is 0. The van der Waals surface area contributed by atoms with E-state index >= 15 is 0 Å². The summed E-state index contributed by atoms with van der Waals surface area (Å²) in [4.78, 5) is 0. The maximum atomic E-state index is 3.37. The maximum Gasteiger partial charge on any atom is 0.0242 e. The molecule has 0 radical (unpaired) electrons. The molecule has 0 unspecified atom stereocenters. The molecule has 0 aliphatic rings. The molecule has 0 saturated carbocycles. The molecule has 0 bridgehead atoms. The van der Waals surface area contributed by atoms with E-state index in [4.69, 9.17) is 0 Å². The van der Waals surface area contributed by atoms with Gasteiger partial charge in [0.15, 0.2) is 0 Å². The van der Waals surface area contributed by atoms with Gasteiger partial charge in [0.25, 0.3) is 0 Å². The minimum Gasteiger partial charge on any atom is -0.0880 e. The van der Waals surface area contributed by atoms with Crippen molar-refractivity contribution in [3.63, 3.8) is 0 Å². The SMILES string of the molecule is CC(C)=C/C=C(\C)CBr. The first kappa shape index (κ1) is 8.96.